The molecule has 0 saturated heterocycles. The molecule has 0 spiro atoms. The van der Waals surface area contributed by atoms with E-state index < -0.39 is 0 Å². The van der Waals surface area contributed by atoms with Crippen LogP contribution >= 0.6 is 0 Å². The van der Waals surface area contributed by atoms with Gasteiger partial charge < -0.3 is 5.32 Å². The van der Waals surface area contributed by atoms with Crippen molar-refractivity contribution in [3.05, 3.63) is 41.0 Å². The quantitative estimate of drug-likeness (QED) is 0.784. The van der Waals surface area contributed by atoms with Gasteiger partial charge >= 0.3 is 0 Å². The Labute approximate surface area is 161 Å². The van der Waals surface area contributed by atoms with Gasteiger partial charge in [-0.3, -0.25) is 4.79 Å². The van der Waals surface area contributed by atoms with E-state index in [4.69, 9.17) is 0 Å². The van der Waals surface area contributed by atoms with Gasteiger partial charge in [-0.15, -0.1) is 0 Å². The Hall–Kier alpha value is -2.08. The maximum Gasteiger partial charge on any atom is 0.163 e. The highest BCUT2D eigenvalue weighted by Crippen LogP contribution is 2.60. The number of carbonyl (C=O) groups is 1. The van der Waals surface area contributed by atoms with Gasteiger partial charge in [0.15, 0.2) is 5.78 Å². The number of hydrogen-bond acceptors (Lipinski definition) is 3. The average Bonchev–Trinajstić information content (AvgIpc) is 2.59. The van der Waals surface area contributed by atoms with E-state index in [2.05, 4.69) is 25.2 Å². The molecule has 1 aromatic rings. The summed E-state index contributed by atoms with van der Waals surface area (Å²) in [7, 11) is 0. The van der Waals surface area contributed by atoms with Gasteiger partial charge in [-0.05, 0) is 94.2 Å². The summed E-state index contributed by atoms with van der Waals surface area (Å²) in [6.45, 7) is 4.33. The van der Waals surface area contributed by atoms with Crippen molar-refractivity contribution in [2.24, 2.45) is 23.2 Å². The van der Waals surface area contributed by atoms with Gasteiger partial charge in [0.25, 0.3) is 0 Å². The second-order valence-corrected chi connectivity index (χ2v) is 10.3. The molecule has 0 radical (unpaired) electrons. The van der Waals surface area contributed by atoms with Crippen molar-refractivity contribution in [3.8, 4) is 6.07 Å². The van der Waals surface area contributed by atoms with Crippen LogP contribution in [0.15, 0.2) is 24.3 Å². The number of fused-ring (bicyclic) bond motifs is 1. The van der Waals surface area contributed by atoms with Crippen LogP contribution in [-0.4, -0.2) is 11.3 Å². The molecule has 0 amide bonds. The highest BCUT2D eigenvalue weighted by atomic mass is 16.1. The number of ketones is 1. The smallest absolute Gasteiger partial charge is 0.163 e. The summed E-state index contributed by atoms with van der Waals surface area (Å²) in [5, 5.41) is 12.8. The Morgan fingerprint density at radius 3 is 2.37 bits per heavy atom. The van der Waals surface area contributed by atoms with Crippen LogP contribution < -0.4 is 5.32 Å². The summed E-state index contributed by atoms with van der Waals surface area (Å²) < 4.78 is 0. The van der Waals surface area contributed by atoms with E-state index in [0.717, 1.165) is 54.7 Å². The number of nitrogens with zero attached hydrogens (tertiary/aromatic N) is 1. The first-order chi connectivity index (χ1) is 12.9. The minimum Gasteiger partial charge on any atom is -0.379 e. The largest absolute Gasteiger partial charge is 0.379 e. The van der Waals surface area contributed by atoms with E-state index in [1.165, 1.54) is 24.8 Å². The summed E-state index contributed by atoms with van der Waals surface area (Å²) in [5.41, 5.74) is 3.69. The molecule has 1 N–H and O–H groups in total. The van der Waals surface area contributed by atoms with E-state index in [1.807, 2.05) is 24.3 Å². The third-order valence-corrected chi connectivity index (χ3v) is 7.47. The zero-order valence-electron chi connectivity index (χ0n) is 16.3. The maximum absolute atomic E-state index is 13.5. The molecular formula is C24H28N2O. The monoisotopic (exact) mass is 360 g/mol. The Bertz CT molecular complexity index is 851. The fraction of sp³-hybridized carbons (Fsp3) is 0.583. The first kappa shape index (κ1) is 17.0. The second-order valence-electron chi connectivity index (χ2n) is 10.3. The first-order valence-corrected chi connectivity index (χ1v) is 10.4. The van der Waals surface area contributed by atoms with Crippen LogP contribution in [0.2, 0.25) is 0 Å². The number of nitriles is 1. The summed E-state index contributed by atoms with van der Waals surface area (Å²) in [4.78, 5) is 13.5. The zero-order chi connectivity index (χ0) is 18.8. The zero-order valence-corrected chi connectivity index (χ0v) is 16.3. The lowest BCUT2D eigenvalue weighted by Crippen LogP contribution is -2.50. The number of hydrogen-bond donors (Lipinski definition) is 1. The Kier molecular flexibility index (Phi) is 3.60. The second kappa shape index (κ2) is 5.71. The number of allylic oxidation sites excluding steroid dienone is 1. The van der Waals surface area contributed by atoms with E-state index in [1.54, 1.807) is 0 Å². The molecule has 27 heavy (non-hydrogen) atoms. The molecule has 3 nitrogen and oxygen atoms in total. The predicted molar refractivity (Wildman–Crippen MR) is 106 cm³/mol. The van der Waals surface area contributed by atoms with Crippen molar-refractivity contribution in [1.82, 2.24) is 5.32 Å². The lowest BCUT2D eigenvalue weighted by Gasteiger charge is -2.55. The highest BCUT2D eigenvalue weighted by molar-refractivity contribution is 6.01. The van der Waals surface area contributed by atoms with E-state index in [-0.39, 0.29) is 11.0 Å². The SMILES string of the molecule is CC1(C)Cc2cc(C#N)ccc2/C(=C/C(=O)C23CC4CC(CC(C4)C2)C3)N1. The van der Waals surface area contributed by atoms with E-state index >= 15 is 0 Å². The molecule has 1 heterocycles. The van der Waals surface area contributed by atoms with Gasteiger partial charge in [0.2, 0.25) is 0 Å². The van der Waals surface area contributed by atoms with Gasteiger partial charge in [-0.1, -0.05) is 6.07 Å². The number of rotatable bonds is 2. The minimum absolute atomic E-state index is 0.0994. The summed E-state index contributed by atoms with van der Waals surface area (Å²) >= 11 is 0. The van der Waals surface area contributed by atoms with E-state index in [9.17, 15) is 10.1 Å². The van der Waals surface area contributed by atoms with Crippen molar-refractivity contribution in [3.63, 3.8) is 0 Å². The van der Waals surface area contributed by atoms with Crippen molar-refractivity contribution in [1.29, 1.82) is 5.26 Å². The molecule has 4 aliphatic carbocycles. The van der Waals surface area contributed by atoms with Crippen LogP contribution in [-0.2, 0) is 11.2 Å². The first-order valence-electron chi connectivity index (χ1n) is 10.4. The molecule has 4 saturated carbocycles. The van der Waals surface area contributed by atoms with Gasteiger partial charge in [-0.2, -0.15) is 5.26 Å². The summed E-state index contributed by atoms with van der Waals surface area (Å²) in [6, 6.07) is 8.10. The van der Waals surface area contributed by atoms with Crippen molar-refractivity contribution in [2.45, 2.75) is 64.3 Å². The lowest BCUT2D eigenvalue weighted by atomic mass is 9.48. The number of benzene rings is 1. The average molecular weight is 361 g/mol. The number of nitrogens with one attached hydrogen (secondary N) is 1. The molecule has 1 aliphatic heterocycles. The molecule has 140 valence electrons. The Morgan fingerprint density at radius 2 is 1.78 bits per heavy atom. The topological polar surface area (TPSA) is 52.9 Å². The van der Waals surface area contributed by atoms with Crippen molar-refractivity contribution < 1.29 is 4.79 Å². The molecule has 0 aromatic heterocycles. The van der Waals surface area contributed by atoms with Crippen molar-refractivity contribution >= 4 is 11.5 Å². The Balaban J connectivity index is 1.52. The predicted octanol–water partition coefficient (Wildman–Crippen LogP) is 4.61. The number of carbonyl (C=O) groups excluding carboxylic acids is 1. The molecule has 0 atom stereocenters. The van der Waals surface area contributed by atoms with Gasteiger partial charge in [-0.25, -0.2) is 0 Å². The molecule has 0 unspecified atom stereocenters. The van der Waals surface area contributed by atoms with Crippen LogP contribution in [0.1, 0.15) is 69.1 Å². The molecule has 6 rings (SSSR count). The van der Waals surface area contributed by atoms with Crippen LogP contribution in [0.25, 0.3) is 5.70 Å². The summed E-state index contributed by atoms with van der Waals surface area (Å²) in [5.74, 6) is 2.68. The van der Waals surface area contributed by atoms with Crippen LogP contribution in [0.5, 0.6) is 0 Å². The Morgan fingerprint density at radius 1 is 1.15 bits per heavy atom. The molecule has 4 bridgehead atoms. The van der Waals surface area contributed by atoms with E-state index in [0.29, 0.717) is 11.3 Å². The highest BCUT2D eigenvalue weighted by Gasteiger charge is 2.54. The molecule has 4 fully saturated rings. The van der Waals surface area contributed by atoms with Gasteiger partial charge in [0.05, 0.1) is 11.6 Å². The van der Waals surface area contributed by atoms with Gasteiger partial charge in [0, 0.05) is 28.3 Å². The van der Waals surface area contributed by atoms with Crippen molar-refractivity contribution in [2.75, 3.05) is 0 Å². The van der Waals surface area contributed by atoms with Gasteiger partial charge in [0.1, 0.15) is 0 Å². The fourth-order valence-electron chi connectivity index (χ4n) is 6.83. The third-order valence-electron chi connectivity index (χ3n) is 7.47. The standard InChI is InChI=1S/C24H28N2O/c1-23(2)13-19-8-15(14-25)3-4-20(19)21(26-23)9-22(27)24-10-16-5-17(11-24)7-18(6-16)12-24/h3-4,8-9,16-18,26H,5-7,10-13H2,1-2H3/b21-9-. The summed E-state index contributed by atoms with van der Waals surface area (Å²) in [6.07, 6.45) is 10.2. The third kappa shape index (κ3) is 2.81. The maximum atomic E-state index is 13.5. The minimum atomic E-state index is -0.116. The fourth-order valence-corrected chi connectivity index (χ4v) is 6.83. The van der Waals surface area contributed by atoms with Crippen LogP contribution in [0.4, 0.5) is 0 Å². The lowest BCUT2D eigenvalue weighted by molar-refractivity contribution is -0.138. The molecule has 1 aromatic carbocycles. The normalized spacial score (nSPS) is 36.8. The molecule has 3 heteroatoms. The molecular weight excluding hydrogens is 332 g/mol. The van der Waals surface area contributed by atoms with Crippen LogP contribution in [0, 0.1) is 34.5 Å². The van der Waals surface area contributed by atoms with Crippen LogP contribution in [0.3, 0.4) is 0 Å². The molecule has 5 aliphatic rings.